The molecule has 32 heavy (non-hydrogen) atoms. The number of amides is 1. The van der Waals surface area contributed by atoms with Crippen LogP contribution in [-0.4, -0.2) is 45.9 Å². The SMILES string of the molecule is Cc1c(-c2nc(Nc3ccc(C4CCNC4)cn3)ncc2F)sc2c1C(=O)N(C)C21CC1. The molecule has 1 aliphatic carbocycles. The molecule has 3 aromatic rings. The van der Waals surface area contributed by atoms with Crippen molar-refractivity contribution in [1.82, 2.24) is 25.2 Å². The largest absolute Gasteiger partial charge is 0.331 e. The van der Waals surface area contributed by atoms with E-state index in [0.29, 0.717) is 16.6 Å². The zero-order chi connectivity index (χ0) is 22.0. The van der Waals surface area contributed by atoms with Gasteiger partial charge in [-0.05, 0) is 55.8 Å². The number of nitrogens with zero attached hydrogens (tertiary/aromatic N) is 4. The molecule has 1 amide bonds. The maximum atomic E-state index is 14.8. The van der Waals surface area contributed by atoms with Gasteiger partial charge in [-0.1, -0.05) is 6.07 Å². The summed E-state index contributed by atoms with van der Waals surface area (Å²) >= 11 is 1.48. The first-order valence-electron chi connectivity index (χ1n) is 10.9. The normalized spacial score (nSPS) is 20.8. The van der Waals surface area contributed by atoms with Crippen LogP contribution < -0.4 is 10.6 Å². The lowest BCUT2D eigenvalue weighted by Crippen LogP contribution is -2.29. The van der Waals surface area contributed by atoms with Gasteiger partial charge in [-0.2, -0.15) is 0 Å². The molecule has 1 unspecified atom stereocenters. The van der Waals surface area contributed by atoms with Crippen LogP contribution in [0.3, 0.4) is 0 Å². The van der Waals surface area contributed by atoms with Crippen LogP contribution in [0.4, 0.5) is 16.2 Å². The Hall–Kier alpha value is -2.91. The summed E-state index contributed by atoms with van der Waals surface area (Å²) in [5, 5.41) is 6.45. The summed E-state index contributed by atoms with van der Waals surface area (Å²) in [6.45, 7) is 3.89. The summed E-state index contributed by atoms with van der Waals surface area (Å²) in [4.78, 5) is 29.4. The number of carbonyl (C=O) groups excluding carboxylic acids is 1. The Kier molecular flexibility index (Phi) is 4.35. The third-order valence-electron chi connectivity index (χ3n) is 6.97. The molecule has 1 saturated heterocycles. The van der Waals surface area contributed by atoms with Crippen LogP contribution in [0.5, 0.6) is 0 Å². The minimum absolute atomic E-state index is 0.0204. The molecule has 6 rings (SSSR count). The minimum atomic E-state index is -0.499. The maximum Gasteiger partial charge on any atom is 0.255 e. The second-order valence-electron chi connectivity index (χ2n) is 8.84. The fourth-order valence-electron chi connectivity index (χ4n) is 4.88. The Balaban J connectivity index is 1.31. The molecular weight excluding hydrogens is 427 g/mol. The molecule has 0 aromatic carbocycles. The van der Waals surface area contributed by atoms with E-state index in [1.165, 1.54) is 23.1 Å². The smallest absolute Gasteiger partial charge is 0.255 e. The van der Waals surface area contributed by atoms with Crippen LogP contribution in [0.15, 0.2) is 24.5 Å². The van der Waals surface area contributed by atoms with Crippen LogP contribution in [-0.2, 0) is 5.54 Å². The topological polar surface area (TPSA) is 83.0 Å². The van der Waals surface area contributed by atoms with E-state index in [-0.39, 0.29) is 23.1 Å². The molecule has 3 aliphatic rings. The maximum absolute atomic E-state index is 14.8. The fourth-order valence-corrected chi connectivity index (χ4v) is 6.45. The van der Waals surface area contributed by atoms with Crippen molar-refractivity contribution >= 4 is 29.0 Å². The van der Waals surface area contributed by atoms with Gasteiger partial charge in [-0.15, -0.1) is 11.3 Å². The van der Waals surface area contributed by atoms with Crippen molar-refractivity contribution in [3.8, 4) is 10.6 Å². The number of anilines is 2. The summed E-state index contributed by atoms with van der Waals surface area (Å²) in [5.74, 6) is 0.900. The molecule has 1 saturated carbocycles. The fraction of sp³-hybridized carbons (Fsp3) is 0.391. The van der Waals surface area contributed by atoms with Gasteiger partial charge >= 0.3 is 0 Å². The standard InChI is InChI=1S/C23H23FN6OS/c1-12-17-20(23(6-7-23)30(2)21(17)31)32-19(12)18-15(24)11-27-22(29-18)28-16-4-3-13(10-26-16)14-5-8-25-9-14/h3-4,10-11,14,25H,5-9H2,1-2H3,(H,26,27,28,29). The minimum Gasteiger partial charge on any atom is -0.331 e. The van der Waals surface area contributed by atoms with Crippen LogP contribution in [0, 0.1) is 12.7 Å². The van der Waals surface area contributed by atoms with E-state index in [4.69, 9.17) is 0 Å². The Morgan fingerprint density at radius 2 is 2.12 bits per heavy atom. The highest BCUT2D eigenvalue weighted by molar-refractivity contribution is 7.16. The molecule has 1 spiro atoms. The van der Waals surface area contributed by atoms with E-state index < -0.39 is 5.82 Å². The van der Waals surface area contributed by atoms with Gasteiger partial charge in [0, 0.05) is 24.7 Å². The Labute approximate surface area is 189 Å². The highest BCUT2D eigenvalue weighted by Gasteiger charge is 2.58. The predicted molar refractivity (Wildman–Crippen MR) is 121 cm³/mol. The van der Waals surface area contributed by atoms with Gasteiger partial charge in [-0.25, -0.2) is 19.3 Å². The predicted octanol–water partition coefficient (Wildman–Crippen LogP) is 3.94. The van der Waals surface area contributed by atoms with E-state index in [1.54, 1.807) is 0 Å². The first-order chi connectivity index (χ1) is 15.5. The molecule has 3 aromatic heterocycles. The molecule has 0 radical (unpaired) electrons. The number of carbonyl (C=O) groups is 1. The van der Waals surface area contributed by atoms with Gasteiger partial charge in [0.25, 0.3) is 5.91 Å². The monoisotopic (exact) mass is 450 g/mol. The Morgan fingerprint density at radius 3 is 2.81 bits per heavy atom. The molecule has 7 nitrogen and oxygen atoms in total. The van der Waals surface area contributed by atoms with Crippen molar-refractivity contribution in [3.63, 3.8) is 0 Å². The molecule has 164 valence electrons. The summed E-state index contributed by atoms with van der Waals surface area (Å²) < 4.78 is 14.8. The second kappa shape index (κ2) is 7.05. The summed E-state index contributed by atoms with van der Waals surface area (Å²) in [6, 6.07) is 3.96. The van der Waals surface area contributed by atoms with E-state index in [0.717, 1.165) is 48.4 Å². The van der Waals surface area contributed by atoms with Gasteiger partial charge in [0.05, 0.1) is 22.2 Å². The quantitative estimate of drug-likeness (QED) is 0.627. The first-order valence-corrected chi connectivity index (χ1v) is 11.7. The van der Waals surface area contributed by atoms with E-state index >= 15 is 0 Å². The second-order valence-corrected chi connectivity index (χ2v) is 9.86. The number of rotatable bonds is 4. The number of nitrogens with one attached hydrogen (secondary N) is 2. The molecular formula is C23H23FN6OS. The van der Waals surface area contributed by atoms with Gasteiger partial charge in [-0.3, -0.25) is 4.79 Å². The van der Waals surface area contributed by atoms with E-state index in [2.05, 4.69) is 31.7 Å². The lowest BCUT2D eigenvalue weighted by Gasteiger charge is -2.19. The van der Waals surface area contributed by atoms with Crippen LogP contribution >= 0.6 is 11.3 Å². The molecule has 0 bridgehead atoms. The van der Waals surface area contributed by atoms with Crippen molar-refractivity contribution < 1.29 is 9.18 Å². The number of fused-ring (bicyclic) bond motifs is 2. The average Bonchev–Trinajstić information content (AvgIpc) is 3.18. The number of hydrogen-bond acceptors (Lipinski definition) is 7. The van der Waals surface area contributed by atoms with Gasteiger partial charge in [0.15, 0.2) is 5.82 Å². The lowest BCUT2D eigenvalue weighted by molar-refractivity contribution is 0.0755. The molecule has 9 heteroatoms. The van der Waals surface area contributed by atoms with Gasteiger partial charge in [0.2, 0.25) is 5.95 Å². The van der Waals surface area contributed by atoms with Crippen LogP contribution in [0.25, 0.3) is 10.6 Å². The summed E-state index contributed by atoms with van der Waals surface area (Å²) in [6.07, 6.45) is 6.07. The molecule has 1 atom stereocenters. The number of aromatic nitrogens is 3. The van der Waals surface area contributed by atoms with Crippen LogP contribution in [0.1, 0.15) is 51.5 Å². The molecule has 2 fully saturated rings. The molecule has 2 aliphatic heterocycles. The number of thiophene rings is 1. The number of halogens is 1. The van der Waals surface area contributed by atoms with Crippen molar-refractivity contribution in [2.75, 3.05) is 25.5 Å². The Morgan fingerprint density at radius 1 is 1.28 bits per heavy atom. The molecule has 5 heterocycles. The zero-order valence-electron chi connectivity index (χ0n) is 17.9. The highest BCUT2D eigenvalue weighted by Crippen LogP contribution is 2.60. The zero-order valence-corrected chi connectivity index (χ0v) is 18.7. The summed E-state index contributed by atoms with van der Waals surface area (Å²) in [5.41, 5.74) is 2.75. The van der Waals surface area contributed by atoms with Crippen LogP contribution in [0.2, 0.25) is 0 Å². The van der Waals surface area contributed by atoms with Crippen molar-refractivity contribution in [3.05, 3.63) is 51.9 Å². The third kappa shape index (κ3) is 2.87. The Bertz CT molecular complexity index is 1230. The van der Waals surface area contributed by atoms with Crippen molar-refractivity contribution in [2.24, 2.45) is 0 Å². The van der Waals surface area contributed by atoms with Crippen molar-refractivity contribution in [1.29, 1.82) is 0 Å². The highest BCUT2D eigenvalue weighted by atomic mass is 32.1. The lowest BCUT2D eigenvalue weighted by atomic mass is 10.0. The van der Waals surface area contributed by atoms with E-state index in [1.807, 2.05) is 31.1 Å². The van der Waals surface area contributed by atoms with E-state index in [9.17, 15) is 9.18 Å². The first kappa shape index (κ1) is 19.8. The van der Waals surface area contributed by atoms with Crippen molar-refractivity contribution in [2.45, 2.75) is 37.6 Å². The average molecular weight is 451 g/mol. The number of hydrogen-bond donors (Lipinski definition) is 2. The third-order valence-corrected chi connectivity index (χ3v) is 8.46. The van der Waals surface area contributed by atoms with Gasteiger partial charge in [0.1, 0.15) is 11.5 Å². The number of pyridine rings is 1. The summed E-state index contributed by atoms with van der Waals surface area (Å²) in [7, 11) is 1.86. The molecule has 2 N–H and O–H groups in total. The van der Waals surface area contributed by atoms with Gasteiger partial charge < -0.3 is 15.5 Å².